The van der Waals surface area contributed by atoms with Crippen molar-refractivity contribution in [2.45, 2.75) is 29.1 Å². The summed E-state index contributed by atoms with van der Waals surface area (Å²) < 4.78 is 66.3. The number of carbonyl (C=O) groups excluding carboxylic acids is 1. The highest BCUT2D eigenvalue weighted by atomic mass is 32.2. The molecule has 3 heterocycles. The van der Waals surface area contributed by atoms with Gasteiger partial charge in [0.15, 0.2) is 0 Å². The summed E-state index contributed by atoms with van der Waals surface area (Å²) in [7, 11) is -7.57. The summed E-state index contributed by atoms with van der Waals surface area (Å²) in [4.78, 5) is 15.7. The molecule has 0 saturated carbocycles. The number of nitrogens with one attached hydrogen (secondary N) is 1. The van der Waals surface area contributed by atoms with Crippen molar-refractivity contribution in [1.82, 2.24) is 8.61 Å². The minimum atomic E-state index is -3.78. The van der Waals surface area contributed by atoms with Crippen LogP contribution in [0.15, 0.2) is 52.3 Å². The molecule has 3 aliphatic rings. The number of hydrogen-bond acceptors (Lipinski definition) is 8. The number of anilines is 2. The van der Waals surface area contributed by atoms with Crippen molar-refractivity contribution in [3.63, 3.8) is 0 Å². The van der Waals surface area contributed by atoms with Gasteiger partial charge in [-0.05, 0) is 55.7 Å². The van der Waals surface area contributed by atoms with Crippen molar-refractivity contribution >= 4 is 37.3 Å². The molecule has 212 valence electrons. The van der Waals surface area contributed by atoms with Gasteiger partial charge in [0, 0.05) is 44.8 Å². The summed E-state index contributed by atoms with van der Waals surface area (Å²) in [5, 5.41) is 2.88. The van der Waals surface area contributed by atoms with E-state index in [0.717, 1.165) is 38.0 Å². The fourth-order valence-corrected chi connectivity index (χ4v) is 7.94. The standard InChI is InChI=1S/C26H34N4O7S2/c31-26(21-5-4-6-22(19-21)38(32,33)29-11-15-36-16-12-29)27-24-20-23(39(34,35)30-13-17-37-18-14-30)7-8-25(24)28-9-2-1-3-10-28/h4-8,19-20H,1-3,9-18H2,(H,27,31). The lowest BCUT2D eigenvalue weighted by molar-refractivity contribution is 0.0730. The Balaban J connectivity index is 1.45. The van der Waals surface area contributed by atoms with Crippen LogP contribution in [0.25, 0.3) is 0 Å². The van der Waals surface area contributed by atoms with E-state index in [0.29, 0.717) is 32.1 Å². The van der Waals surface area contributed by atoms with Crippen LogP contribution in [0.3, 0.4) is 0 Å². The van der Waals surface area contributed by atoms with Gasteiger partial charge in [-0.15, -0.1) is 0 Å². The van der Waals surface area contributed by atoms with Gasteiger partial charge in [-0.2, -0.15) is 8.61 Å². The van der Waals surface area contributed by atoms with E-state index in [1.807, 2.05) is 0 Å². The van der Waals surface area contributed by atoms with Crippen LogP contribution < -0.4 is 10.2 Å². The van der Waals surface area contributed by atoms with Crippen molar-refractivity contribution in [2.24, 2.45) is 0 Å². The number of hydrogen-bond donors (Lipinski definition) is 1. The summed E-state index contributed by atoms with van der Waals surface area (Å²) in [5.41, 5.74) is 1.27. The molecule has 3 saturated heterocycles. The number of benzene rings is 2. The number of ether oxygens (including phenoxy) is 2. The van der Waals surface area contributed by atoms with E-state index in [1.54, 1.807) is 18.2 Å². The van der Waals surface area contributed by atoms with Crippen molar-refractivity contribution < 1.29 is 31.1 Å². The van der Waals surface area contributed by atoms with Crippen LogP contribution in [-0.4, -0.2) is 97.0 Å². The van der Waals surface area contributed by atoms with Gasteiger partial charge in [0.25, 0.3) is 5.91 Å². The average molecular weight is 579 g/mol. The van der Waals surface area contributed by atoms with E-state index < -0.39 is 26.0 Å². The van der Waals surface area contributed by atoms with Crippen molar-refractivity contribution in [3.8, 4) is 0 Å². The maximum Gasteiger partial charge on any atom is 0.255 e. The second-order valence-corrected chi connectivity index (χ2v) is 13.6. The first-order valence-corrected chi connectivity index (χ1v) is 16.1. The summed E-state index contributed by atoms with van der Waals surface area (Å²) in [5.74, 6) is -0.520. The molecule has 0 bridgehead atoms. The Hall–Kier alpha value is -2.55. The highest BCUT2D eigenvalue weighted by Crippen LogP contribution is 2.33. The first kappa shape index (κ1) is 28.0. The van der Waals surface area contributed by atoms with Crippen LogP contribution in [0.1, 0.15) is 29.6 Å². The second-order valence-electron chi connectivity index (χ2n) is 9.74. The largest absolute Gasteiger partial charge is 0.379 e. The van der Waals surface area contributed by atoms with Crippen molar-refractivity contribution in [3.05, 3.63) is 48.0 Å². The smallest absolute Gasteiger partial charge is 0.255 e. The van der Waals surface area contributed by atoms with E-state index >= 15 is 0 Å². The molecule has 2 aromatic carbocycles. The number of amides is 1. The molecule has 13 heteroatoms. The molecule has 3 aliphatic heterocycles. The third-order valence-corrected chi connectivity index (χ3v) is 11.0. The van der Waals surface area contributed by atoms with Crippen LogP contribution in [0.5, 0.6) is 0 Å². The molecule has 0 radical (unpaired) electrons. The topological polar surface area (TPSA) is 126 Å². The Bertz CT molecular complexity index is 1400. The molecule has 1 amide bonds. The van der Waals surface area contributed by atoms with Crippen molar-refractivity contribution in [2.75, 3.05) is 75.9 Å². The minimum absolute atomic E-state index is 0.0250. The van der Waals surface area contributed by atoms with Gasteiger partial charge in [0.2, 0.25) is 20.0 Å². The van der Waals surface area contributed by atoms with Gasteiger partial charge in [0.05, 0.1) is 47.6 Å². The van der Waals surface area contributed by atoms with E-state index in [9.17, 15) is 21.6 Å². The Morgan fingerprint density at radius 2 is 1.26 bits per heavy atom. The molecule has 0 aromatic heterocycles. The molecule has 0 aliphatic carbocycles. The predicted octanol–water partition coefficient (Wildman–Crippen LogP) is 1.97. The molecule has 0 unspecified atom stereocenters. The molecular formula is C26H34N4O7S2. The fraction of sp³-hybridized carbons (Fsp3) is 0.500. The van der Waals surface area contributed by atoms with Gasteiger partial charge in [0.1, 0.15) is 0 Å². The lowest BCUT2D eigenvalue weighted by atomic mass is 10.1. The predicted molar refractivity (Wildman–Crippen MR) is 146 cm³/mol. The van der Waals surface area contributed by atoms with E-state index in [2.05, 4.69) is 10.2 Å². The third-order valence-electron chi connectivity index (χ3n) is 7.22. The first-order chi connectivity index (χ1) is 18.8. The molecule has 5 rings (SSSR count). The number of rotatable bonds is 7. The maximum atomic E-state index is 13.4. The monoisotopic (exact) mass is 578 g/mol. The normalized spacial score (nSPS) is 20.1. The molecule has 0 atom stereocenters. The number of piperidine rings is 1. The van der Waals surface area contributed by atoms with Crippen molar-refractivity contribution in [1.29, 1.82) is 0 Å². The Morgan fingerprint density at radius 3 is 1.85 bits per heavy atom. The Labute approximate surface area is 229 Å². The van der Waals surface area contributed by atoms with Crippen LogP contribution in [-0.2, 0) is 29.5 Å². The highest BCUT2D eigenvalue weighted by Gasteiger charge is 2.29. The summed E-state index contributed by atoms with van der Waals surface area (Å²) in [6, 6.07) is 10.7. The maximum absolute atomic E-state index is 13.4. The Morgan fingerprint density at radius 1 is 0.692 bits per heavy atom. The fourth-order valence-electron chi connectivity index (χ4n) is 5.05. The van der Waals surface area contributed by atoms with E-state index in [1.165, 1.54) is 32.9 Å². The van der Waals surface area contributed by atoms with Gasteiger partial charge in [-0.25, -0.2) is 16.8 Å². The Kier molecular flexibility index (Phi) is 8.55. The van der Waals surface area contributed by atoms with Gasteiger partial charge >= 0.3 is 0 Å². The molecular weight excluding hydrogens is 544 g/mol. The number of nitrogens with zero attached hydrogens (tertiary/aromatic N) is 3. The number of carbonyl (C=O) groups is 1. The van der Waals surface area contributed by atoms with Gasteiger partial charge < -0.3 is 19.7 Å². The zero-order valence-electron chi connectivity index (χ0n) is 21.7. The minimum Gasteiger partial charge on any atom is -0.379 e. The molecule has 0 spiro atoms. The molecule has 2 aromatic rings. The van der Waals surface area contributed by atoms with Crippen LogP contribution >= 0.6 is 0 Å². The quantitative estimate of drug-likeness (QED) is 0.529. The lowest BCUT2D eigenvalue weighted by Crippen LogP contribution is -2.40. The third kappa shape index (κ3) is 6.13. The van der Waals surface area contributed by atoms with Crippen LogP contribution in [0, 0.1) is 0 Å². The second kappa shape index (κ2) is 11.9. The summed E-state index contributed by atoms with van der Waals surface area (Å²) in [6.45, 7) is 3.94. The van der Waals surface area contributed by atoms with Crippen LogP contribution in [0.4, 0.5) is 11.4 Å². The molecule has 39 heavy (non-hydrogen) atoms. The van der Waals surface area contributed by atoms with Crippen LogP contribution in [0.2, 0.25) is 0 Å². The SMILES string of the molecule is O=C(Nc1cc(S(=O)(=O)N2CCOCC2)ccc1N1CCCCC1)c1cccc(S(=O)(=O)N2CCOCC2)c1. The zero-order valence-corrected chi connectivity index (χ0v) is 23.4. The molecule has 11 nitrogen and oxygen atoms in total. The van der Waals surface area contributed by atoms with Gasteiger partial charge in [-0.1, -0.05) is 6.07 Å². The lowest BCUT2D eigenvalue weighted by Gasteiger charge is -2.31. The van der Waals surface area contributed by atoms with E-state index in [-0.39, 0.29) is 41.5 Å². The molecule has 1 N–H and O–H groups in total. The number of morpholine rings is 2. The highest BCUT2D eigenvalue weighted by molar-refractivity contribution is 7.89. The average Bonchev–Trinajstić information content (AvgIpc) is 2.98. The van der Waals surface area contributed by atoms with Gasteiger partial charge in [-0.3, -0.25) is 4.79 Å². The summed E-state index contributed by atoms with van der Waals surface area (Å²) >= 11 is 0. The number of sulfonamides is 2. The first-order valence-electron chi connectivity index (χ1n) is 13.2. The van der Waals surface area contributed by atoms with E-state index in [4.69, 9.17) is 9.47 Å². The molecule has 3 fully saturated rings. The zero-order chi connectivity index (χ0) is 27.5. The summed E-state index contributed by atoms with van der Waals surface area (Å²) in [6.07, 6.45) is 3.12.